The lowest BCUT2D eigenvalue weighted by molar-refractivity contribution is -0.112. The molecule has 0 heterocycles. The maximum atomic E-state index is 13.0. The van der Waals surface area contributed by atoms with Crippen LogP contribution in [-0.2, 0) is 4.79 Å². The van der Waals surface area contributed by atoms with Crippen molar-refractivity contribution >= 4 is 12.2 Å². The van der Waals surface area contributed by atoms with Gasteiger partial charge in [-0.2, -0.15) is 0 Å². The van der Waals surface area contributed by atoms with Gasteiger partial charge in [0, 0.05) is 5.56 Å². The molecular formula is C10H6FNO2. The third-order valence-corrected chi connectivity index (χ3v) is 1.46. The first kappa shape index (κ1) is 9.93. The Balaban J connectivity index is 3.05. The van der Waals surface area contributed by atoms with Crippen LogP contribution in [0.2, 0.25) is 0 Å². The third-order valence-electron chi connectivity index (χ3n) is 1.46. The van der Waals surface area contributed by atoms with Crippen molar-refractivity contribution in [1.82, 2.24) is 0 Å². The van der Waals surface area contributed by atoms with Crippen LogP contribution in [0.4, 0.5) is 4.39 Å². The lowest BCUT2D eigenvalue weighted by Gasteiger charge is -1.94. The van der Waals surface area contributed by atoms with Crippen LogP contribution in [0.15, 0.2) is 18.2 Å². The summed E-state index contributed by atoms with van der Waals surface area (Å²) in [6, 6.07) is 3.79. The summed E-state index contributed by atoms with van der Waals surface area (Å²) in [4.78, 5) is 20.5. The highest BCUT2D eigenvalue weighted by molar-refractivity contribution is 5.92. The van der Waals surface area contributed by atoms with E-state index in [9.17, 15) is 14.0 Å². The first-order chi connectivity index (χ1) is 6.63. The number of benzene rings is 1. The summed E-state index contributed by atoms with van der Waals surface area (Å²) in [6.45, 7) is 0. The number of aldehydes is 1. The second kappa shape index (κ2) is 4.19. The lowest BCUT2D eigenvalue weighted by atomic mass is 10.1. The summed E-state index contributed by atoms with van der Waals surface area (Å²) in [5.74, 6) is 2.96. The molecule has 4 heteroatoms. The van der Waals surface area contributed by atoms with Crippen molar-refractivity contribution in [1.29, 1.82) is 0 Å². The van der Waals surface area contributed by atoms with E-state index >= 15 is 0 Å². The minimum atomic E-state index is -0.787. The Labute approximate surface area is 79.7 Å². The van der Waals surface area contributed by atoms with Gasteiger partial charge in [0.25, 0.3) is 5.91 Å². The zero-order valence-corrected chi connectivity index (χ0v) is 7.08. The first-order valence-corrected chi connectivity index (χ1v) is 3.69. The monoisotopic (exact) mass is 191 g/mol. The van der Waals surface area contributed by atoms with Crippen molar-refractivity contribution in [2.75, 3.05) is 0 Å². The summed E-state index contributed by atoms with van der Waals surface area (Å²) >= 11 is 0. The van der Waals surface area contributed by atoms with Crippen molar-refractivity contribution in [3.8, 4) is 11.8 Å². The SMILES string of the molecule is NC(=O)C#Cc1ccc(C=O)c(F)c1. The van der Waals surface area contributed by atoms with E-state index in [0.717, 1.165) is 6.07 Å². The van der Waals surface area contributed by atoms with Crippen molar-refractivity contribution in [3.05, 3.63) is 35.1 Å². The van der Waals surface area contributed by atoms with Gasteiger partial charge in [-0.15, -0.1) is 0 Å². The van der Waals surface area contributed by atoms with E-state index in [-0.39, 0.29) is 5.56 Å². The number of primary amides is 1. The molecule has 1 amide bonds. The molecule has 0 saturated heterocycles. The zero-order valence-electron chi connectivity index (χ0n) is 7.08. The minimum Gasteiger partial charge on any atom is -0.359 e. The number of rotatable bonds is 1. The summed E-state index contributed by atoms with van der Waals surface area (Å²) in [5.41, 5.74) is 5.02. The second-order valence-electron chi connectivity index (χ2n) is 2.47. The molecule has 3 nitrogen and oxygen atoms in total. The predicted octanol–water partition coefficient (Wildman–Crippen LogP) is 0.475. The van der Waals surface area contributed by atoms with Crippen molar-refractivity contribution in [3.63, 3.8) is 0 Å². The van der Waals surface area contributed by atoms with Gasteiger partial charge in [-0.3, -0.25) is 9.59 Å². The van der Waals surface area contributed by atoms with Gasteiger partial charge < -0.3 is 5.73 Å². The van der Waals surface area contributed by atoms with Crippen LogP contribution in [0.25, 0.3) is 0 Å². The summed E-state index contributed by atoms with van der Waals surface area (Å²) < 4.78 is 13.0. The fourth-order valence-corrected chi connectivity index (χ4v) is 0.834. The molecule has 0 aliphatic carbocycles. The molecule has 0 bridgehead atoms. The molecule has 1 aromatic rings. The molecule has 0 atom stereocenters. The largest absolute Gasteiger partial charge is 0.359 e. The van der Waals surface area contributed by atoms with Gasteiger partial charge in [0.05, 0.1) is 5.56 Å². The number of carbonyl (C=O) groups excluding carboxylic acids is 2. The average molecular weight is 191 g/mol. The predicted molar refractivity (Wildman–Crippen MR) is 47.9 cm³/mol. The summed E-state index contributed by atoms with van der Waals surface area (Å²) in [5, 5.41) is 0. The zero-order chi connectivity index (χ0) is 10.6. The fraction of sp³-hybridized carbons (Fsp3) is 0. The topological polar surface area (TPSA) is 60.2 Å². The Bertz CT molecular complexity index is 443. The van der Waals surface area contributed by atoms with Gasteiger partial charge in [-0.05, 0) is 24.1 Å². The average Bonchev–Trinajstić information content (AvgIpc) is 2.15. The van der Waals surface area contributed by atoms with Crippen LogP contribution >= 0.6 is 0 Å². The molecule has 0 aliphatic heterocycles. The van der Waals surface area contributed by atoms with Crippen LogP contribution in [0.3, 0.4) is 0 Å². The van der Waals surface area contributed by atoms with Crippen molar-refractivity contribution in [2.45, 2.75) is 0 Å². The Hall–Kier alpha value is -2.15. The Morgan fingerprint density at radius 2 is 2.21 bits per heavy atom. The van der Waals surface area contributed by atoms with Crippen molar-refractivity contribution < 1.29 is 14.0 Å². The molecule has 0 radical (unpaired) electrons. The summed E-state index contributed by atoms with van der Waals surface area (Å²) in [7, 11) is 0. The number of nitrogens with two attached hydrogens (primary N) is 1. The Morgan fingerprint density at radius 1 is 1.50 bits per heavy atom. The highest BCUT2D eigenvalue weighted by atomic mass is 19.1. The van der Waals surface area contributed by atoms with Gasteiger partial charge in [0.1, 0.15) is 5.82 Å². The molecule has 70 valence electrons. The van der Waals surface area contributed by atoms with E-state index < -0.39 is 11.7 Å². The van der Waals surface area contributed by atoms with E-state index in [4.69, 9.17) is 5.73 Å². The molecule has 0 saturated carbocycles. The number of halogens is 1. The molecule has 2 N–H and O–H groups in total. The van der Waals surface area contributed by atoms with Crippen LogP contribution in [0, 0.1) is 17.7 Å². The maximum Gasteiger partial charge on any atom is 0.293 e. The standard InChI is InChI=1S/C10H6FNO2/c11-9-5-7(2-4-10(12)14)1-3-8(9)6-13/h1,3,5-6H,(H2,12,14). The smallest absolute Gasteiger partial charge is 0.293 e. The molecule has 1 aromatic carbocycles. The van der Waals surface area contributed by atoms with Gasteiger partial charge in [-0.1, -0.05) is 5.92 Å². The first-order valence-electron chi connectivity index (χ1n) is 3.69. The van der Waals surface area contributed by atoms with E-state index in [2.05, 4.69) is 11.8 Å². The summed E-state index contributed by atoms with van der Waals surface area (Å²) in [6.07, 6.45) is 0.403. The number of carbonyl (C=O) groups is 2. The van der Waals surface area contributed by atoms with E-state index in [1.54, 1.807) is 0 Å². The van der Waals surface area contributed by atoms with E-state index in [0.29, 0.717) is 11.8 Å². The van der Waals surface area contributed by atoms with E-state index in [1.807, 2.05) is 0 Å². The molecule has 1 rings (SSSR count). The van der Waals surface area contributed by atoms with Crippen LogP contribution in [0.1, 0.15) is 15.9 Å². The van der Waals surface area contributed by atoms with Crippen LogP contribution < -0.4 is 5.73 Å². The van der Waals surface area contributed by atoms with Crippen LogP contribution in [0.5, 0.6) is 0 Å². The number of hydrogen-bond acceptors (Lipinski definition) is 2. The number of amides is 1. The molecule has 0 aliphatic rings. The van der Waals surface area contributed by atoms with Gasteiger partial charge in [0.15, 0.2) is 6.29 Å². The quantitative estimate of drug-likeness (QED) is 0.518. The van der Waals surface area contributed by atoms with Crippen molar-refractivity contribution in [2.24, 2.45) is 5.73 Å². The third kappa shape index (κ3) is 2.42. The van der Waals surface area contributed by atoms with Gasteiger partial charge in [0.2, 0.25) is 0 Å². The highest BCUT2D eigenvalue weighted by Crippen LogP contribution is 2.07. The second-order valence-corrected chi connectivity index (χ2v) is 2.47. The Morgan fingerprint density at radius 3 is 2.71 bits per heavy atom. The molecule has 0 fully saturated rings. The lowest BCUT2D eigenvalue weighted by Crippen LogP contribution is -2.06. The molecule has 0 spiro atoms. The number of hydrogen-bond donors (Lipinski definition) is 1. The van der Waals surface area contributed by atoms with Gasteiger partial charge in [-0.25, -0.2) is 4.39 Å². The Kier molecular flexibility index (Phi) is 2.97. The fourth-order valence-electron chi connectivity index (χ4n) is 0.834. The van der Waals surface area contributed by atoms with E-state index in [1.165, 1.54) is 12.1 Å². The molecular weight excluding hydrogens is 185 g/mol. The highest BCUT2D eigenvalue weighted by Gasteiger charge is 2.00. The minimum absolute atomic E-state index is 0.0466. The molecule has 0 aromatic heterocycles. The van der Waals surface area contributed by atoms with Gasteiger partial charge >= 0.3 is 0 Å². The maximum absolute atomic E-state index is 13.0. The normalized spacial score (nSPS) is 8.64. The molecule has 14 heavy (non-hydrogen) atoms. The van der Waals surface area contributed by atoms with Crippen LogP contribution in [-0.4, -0.2) is 12.2 Å². The molecule has 0 unspecified atom stereocenters.